The number of aryl methyl sites for hydroxylation is 1. The van der Waals surface area contributed by atoms with E-state index >= 15 is 0 Å². The zero-order chi connectivity index (χ0) is 25.0. The minimum Gasteiger partial charge on any atom is -0.494 e. The number of thiophene rings is 1. The molecule has 0 aliphatic heterocycles. The first-order valence-electron chi connectivity index (χ1n) is 11.6. The molecule has 3 aromatic rings. The highest BCUT2D eigenvalue weighted by Gasteiger charge is 2.23. The Kier molecular flexibility index (Phi) is 10.1. The van der Waals surface area contributed by atoms with Crippen molar-refractivity contribution in [3.63, 3.8) is 0 Å². The van der Waals surface area contributed by atoms with Crippen molar-refractivity contribution >= 4 is 29.0 Å². The Bertz CT molecular complexity index is 1070. The zero-order valence-corrected chi connectivity index (χ0v) is 21.3. The topological polar surface area (TPSA) is 71.1 Å². The van der Waals surface area contributed by atoms with Gasteiger partial charge in [-0.05, 0) is 60.7 Å². The number of methoxy groups -OCH3 is 1. The first kappa shape index (κ1) is 26.2. The van der Waals surface area contributed by atoms with Crippen LogP contribution in [0.1, 0.15) is 22.9 Å². The standard InChI is InChI=1S/C27H33N3O4S/c1-4-34-24-12-10-23(11-13-24)28-27(32)29(15-16-33-3)20-26(31)30(18-22-8-6-5-7-9-22)19-25-21(2)14-17-35-25/h5-14,17H,4,15-16,18-20H2,1-3H3,(H,28,32). The summed E-state index contributed by atoms with van der Waals surface area (Å²) in [6.45, 7) is 6.07. The van der Waals surface area contributed by atoms with Crippen LogP contribution >= 0.6 is 11.3 Å². The number of anilines is 1. The van der Waals surface area contributed by atoms with Gasteiger partial charge >= 0.3 is 6.03 Å². The SMILES string of the molecule is CCOc1ccc(NC(=O)N(CCOC)CC(=O)N(Cc2ccccc2)Cc2sccc2C)cc1. The number of amides is 3. The lowest BCUT2D eigenvalue weighted by atomic mass is 10.2. The van der Waals surface area contributed by atoms with Crippen LogP contribution in [0.5, 0.6) is 5.75 Å². The van der Waals surface area contributed by atoms with Gasteiger partial charge in [-0.3, -0.25) is 4.79 Å². The predicted octanol–water partition coefficient (Wildman–Crippen LogP) is 5.16. The van der Waals surface area contributed by atoms with Gasteiger partial charge in [0.1, 0.15) is 12.3 Å². The molecule has 0 aliphatic rings. The van der Waals surface area contributed by atoms with Crippen LogP contribution in [0, 0.1) is 6.92 Å². The maximum atomic E-state index is 13.5. The molecule has 0 radical (unpaired) electrons. The van der Waals surface area contributed by atoms with E-state index < -0.39 is 0 Å². The average Bonchev–Trinajstić information content (AvgIpc) is 3.27. The van der Waals surface area contributed by atoms with Gasteiger partial charge in [-0.15, -0.1) is 11.3 Å². The van der Waals surface area contributed by atoms with Gasteiger partial charge in [0, 0.05) is 30.8 Å². The van der Waals surface area contributed by atoms with Crippen molar-refractivity contribution in [3.05, 3.63) is 82.0 Å². The van der Waals surface area contributed by atoms with Crippen LogP contribution in [-0.4, -0.2) is 55.2 Å². The van der Waals surface area contributed by atoms with E-state index in [1.807, 2.05) is 49.6 Å². The Hall–Kier alpha value is -3.36. The fraction of sp³-hybridized carbons (Fsp3) is 0.333. The summed E-state index contributed by atoms with van der Waals surface area (Å²) in [5, 5.41) is 4.91. The van der Waals surface area contributed by atoms with Crippen molar-refractivity contribution < 1.29 is 19.1 Å². The molecule has 3 amide bonds. The summed E-state index contributed by atoms with van der Waals surface area (Å²) < 4.78 is 10.6. The summed E-state index contributed by atoms with van der Waals surface area (Å²) in [6.07, 6.45) is 0. The summed E-state index contributed by atoms with van der Waals surface area (Å²) in [6, 6.07) is 18.7. The van der Waals surface area contributed by atoms with Gasteiger partial charge in [0.2, 0.25) is 5.91 Å². The summed E-state index contributed by atoms with van der Waals surface area (Å²) >= 11 is 1.63. The van der Waals surface area contributed by atoms with Crippen molar-refractivity contribution in [1.82, 2.24) is 9.80 Å². The Balaban J connectivity index is 1.73. The minimum absolute atomic E-state index is 0.0521. The second-order valence-corrected chi connectivity index (χ2v) is 9.06. The number of ether oxygens (including phenoxy) is 2. The highest BCUT2D eigenvalue weighted by molar-refractivity contribution is 7.10. The van der Waals surface area contributed by atoms with Gasteiger partial charge in [-0.25, -0.2) is 4.79 Å². The molecule has 0 fully saturated rings. The molecule has 0 bridgehead atoms. The maximum Gasteiger partial charge on any atom is 0.322 e. The average molecular weight is 496 g/mol. The number of carbonyl (C=O) groups excluding carboxylic acids is 2. The molecular weight excluding hydrogens is 462 g/mol. The molecule has 1 N–H and O–H groups in total. The molecule has 35 heavy (non-hydrogen) atoms. The van der Waals surface area contributed by atoms with Crippen LogP contribution in [0.3, 0.4) is 0 Å². The van der Waals surface area contributed by atoms with Crippen LogP contribution in [-0.2, 0) is 22.6 Å². The summed E-state index contributed by atoms with van der Waals surface area (Å²) in [5.41, 5.74) is 2.83. The largest absolute Gasteiger partial charge is 0.494 e. The van der Waals surface area contributed by atoms with Gasteiger partial charge in [-0.1, -0.05) is 30.3 Å². The lowest BCUT2D eigenvalue weighted by Gasteiger charge is -2.28. The molecule has 7 nitrogen and oxygen atoms in total. The van der Waals surface area contributed by atoms with Crippen LogP contribution in [0.4, 0.5) is 10.5 Å². The Morgan fingerprint density at radius 2 is 1.71 bits per heavy atom. The van der Waals surface area contributed by atoms with Crippen LogP contribution in [0.2, 0.25) is 0 Å². The normalized spacial score (nSPS) is 10.6. The van der Waals surface area contributed by atoms with Gasteiger partial charge < -0.3 is 24.6 Å². The molecular formula is C27H33N3O4S. The quantitative estimate of drug-likeness (QED) is 0.377. The van der Waals surface area contributed by atoms with Crippen LogP contribution < -0.4 is 10.1 Å². The third kappa shape index (κ3) is 8.12. The monoisotopic (exact) mass is 495 g/mol. The fourth-order valence-corrected chi connectivity index (χ4v) is 4.42. The molecule has 0 unspecified atom stereocenters. The number of hydrogen-bond acceptors (Lipinski definition) is 5. The molecule has 0 saturated carbocycles. The van der Waals surface area contributed by atoms with Crippen molar-refractivity contribution in [2.45, 2.75) is 26.9 Å². The Morgan fingerprint density at radius 1 is 0.971 bits per heavy atom. The van der Waals surface area contributed by atoms with E-state index in [4.69, 9.17) is 9.47 Å². The molecule has 0 saturated heterocycles. The smallest absolute Gasteiger partial charge is 0.322 e. The molecule has 8 heteroatoms. The highest BCUT2D eigenvalue weighted by atomic mass is 32.1. The third-order valence-corrected chi connectivity index (χ3v) is 6.47. The number of nitrogens with one attached hydrogen (secondary N) is 1. The van der Waals surface area contributed by atoms with Gasteiger partial charge in [-0.2, -0.15) is 0 Å². The molecule has 1 aromatic heterocycles. The predicted molar refractivity (Wildman–Crippen MR) is 140 cm³/mol. The number of rotatable bonds is 12. The van der Waals surface area contributed by atoms with E-state index in [-0.39, 0.29) is 18.5 Å². The molecule has 2 aromatic carbocycles. The number of carbonyl (C=O) groups is 2. The van der Waals surface area contributed by atoms with Crippen LogP contribution in [0.25, 0.3) is 0 Å². The Morgan fingerprint density at radius 3 is 2.34 bits per heavy atom. The molecule has 0 spiro atoms. The van der Waals surface area contributed by atoms with Gasteiger partial charge in [0.15, 0.2) is 0 Å². The van der Waals surface area contributed by atoms with Crippen molar-refractivity contribution in [2.75, 3.05) is 38.7 Å². The first-order valence-corrected chi connectivity index (χ1v) is 12.5. The highest BCUT2D eigenvalue weighted by Crippen LogP contribution is 2.20. The summed E-state index contributed by atoms with van der Waals surface area (Å²) in [4.78, 5) is 31.0. The third-order valence-electron chi connectivity index (χ3n) is 5.47. The molecule has 0 aliphatic carbocycles. The lowest BCUT2D eigenvalue weighted by Crippen LogP contribution is -2.45. The minimum atomic E-state index is -0.355. The van der Waals surface area contributed by atoms with E-state index in [1.54, 1.807) is 47.6 Å². The van der Waals surface area contributed by atoms with Crippen LogP contribution in [0.15, 0.2) is 66.0 Å². The number of urea groups is 1. The number of hydrogen-bond donors (Lipinski definition) is 1. The van der Waals surface area contributed by atoms with E-state index in [0.717, 1.165) is 21.8 Å². The van der Waals surface area contributed by atoms with Gasteiger partial charge in [0.05, 0.1) is 19.8 Å². The van der Waals surface area contributed by atoms with Crippen molar-refractivity contribution in [3.8, 4) is 5.75 Å². The second kappa shape index (κ2) is 13.5. The van der Waals surface area contributed by atoms with E-state index in [0.29, 0.717) is 38.5 Å². The Labute approximate surface area is 211 Å². The van der Waals surface area contributed by atoms with Crippen molar-refractivity contribution in [1.29, 1.82) is 0 Å². The lowest BCUT2D eigenvalue weighted by molar-refractivity contribution is -0.133. The molecule has 0 atom stereocenters. The summed E-state index contributed by atoms with van der Waals surface area (Å²) in [5.74, 6) is 0.608. The molecule has 3 rings (SSSR count). The van der Waals surface area contributed by atoms with E-state index in [1.165, 1.54) is 4.90 Å². The fourth-order valence-electron chi connectivity index (χ4n) is 3.50. The molecule has 186 valence electrons. The zero-order valence-electron chi connectivity index (χ0n) is 20.5. The molecule has 1 heterocycles. The maximum absolute atomic E-state index is 13.5. The van der Waals surface area contributed by atoms with Crippen molar-refractivity contribution in [2.24, 2.45) is 0 Å². The first-order chi connectivity index (χ1) is 17.0. The van der Waals surface area contributed by atoms with E-state index in [9.17, 15) is 9.59 Å². The van der Waals surface area contributed by atoms with E-state index in [2.05, 4.69) is 11.4 Å². The number of benzene rings is 2. The number of nitrogens with zero attached hydrogens (tertiary/aromatic N) is 2. The summed E-state index contributed by atoms with van der Waals surface area (Å²) in [7, 11) is 1.58. The second-order valence-electron chi connectivity index (χ2n) is 8.06. The van der Waals surface area contributed by atoms with Gasteiger partial charge in [0.25, 0.3) is 0 Å².